The first-order valence-electron chi connectivity index (χ1n) is 7.10. The fourth-order valence-corrected chi connectivity index (χ4v) is 2.85. The van der Waals surface area contributed by atoms with Gasteiger partial charge in [0.15, 0.2) is 0 Å². The summed E-state index contributed by atoms with van der Waals surface area (Å²) in [7, 11) is 2.08. The van der Waals surface area contributed by atoms with Crippen molar-refractivity contribution < 1.29 is 0 Å². The Morgan fingerprint density at radius 1 is 1.37 bits per heavy atom. The van der Waals surface area contributed by atoms with E-state index in [1.807, 2.05) is 19.1 Å². The van der Waals surface area contributed by atoms with E-state index >= 15 is 0 Å². The number of hydrogen-bond acceptors (Lipinski definition) is 3. The predicted molar refractivity (Wildman–Crippen MR) is 79.8 cm³/mol. The maximum Gasteiger partial charge on any atom is 0.129 e. The van der Waals surface area contributed by atoms with Gasteiger partial charge in [0.25, 0.3) is 0 Å². The van der Waals surface area contributed by atoms with Gasteiger partial charge in [0.05, 0.1) is 0 Å². The molecule has 1 saturated carbocycles. The molecule has 0 aromatic carbocycles. The lowest BCUT2D eigenvalue weighted by Crippen LogP contribution is -2.28. The van der Waals surface area contributed by atoms with Crippen molar-refractivity contribution in [2.45, 2.75) is 39.0 Å². The molecule has 1 aromatic heterocycles. The second-order valence-electron chi connectivity index (χ2n) is 5.65. The fraction of sp³-hybridized carbons (Fsp3) is 0.600. The number of aryl methyl sites for hydroxylation is 1. The van der Waals surface area contributed by atoms with Crippen LogP contribution in [0.3, 0.4) is 0 Å². The number of pyridine rings is 1. The molecule has 0 bridgehead atoms. The summed E-state index contributed by atoms with van der Waals surface area (Å²) in [5.74, 6) is 1.82. The molecule has 0 atom stereocenters. The molecule has 4 heteroatoms. The van der Waals surface area contributed by atoms with Crippen molar-refractivity contribution >= 4 is 11.7 Å². The van der Waals surface area contributed by atoms with Gasteiger partial charge in [0.1, 0.15) is 11.7 Å². The van der Waals surface area contributed by atoms with Crippen molar-refractivity contribution in [2.75, 3.05) is 18.5 Å². The summed E-state index contributed by atoms with van der Waals surface area (Å²) in [5, 5.41) is 7.55. The molecule has 1 aliphatic carbocycles. The van der Waals surface area contributed by atoms with Gasteiger partial charge in [0.2, 0.25) is 0 Å². The zero-order valence-corrected chi connectivity index (χ0v) is 11.9. The van der Waals surface area contributed by atoms with Crippen LogP contribution in [0.4, 0.5) is 5.82 Å². The van der Waals surface area contributed by atoms with Crippen LogP contribution >= 0.6 is 0 Å². The van der Waals surface area contributed by atoms with Gasteiger partial charge in [-0.15, -0.1) is 0 Å². The van der Waals surface area contributed by atoms with Crippen LogP contribution < -0.4 is 10.6 Å². The van der Waals surface area contributed by atoms with Gasteiger partial charge >= 0.3 is 0 Å². The fourth-order valence-electron chi connectivity index (χ4n) is 2.85. The highest BCUT2D eigenvalue weighted by Crippen LogP contribution is 2.25. The Bertz CT molecular complexity index is 449. The largest absolute Gasteiger partial charge is 0.384 e. The Morgan fingerprint density at radius 2 is 2.05 bits per heavy atom. The second-order valence-corrected chi connectivity index (χ2v) is 5.65. The summed E-state index contributed by atoms with van der Waals surface area (Å²) in [6, 6.07) is 3.78. The summed E-state index contributed by atoms with van der Waals surface area (Å²) in [5.41, 5.74) is 7.25. The standard InChI is InChI=1S/C15H24N4/c1-11-8-13(15(16)17)9-14(18-11)19(2)10-12-6-4-3-5-7-12/h8-9,12H,3-7,10H2,1-2H3,(H3,16,17). The van der Waals surface area contributed by atoms with Crippen LogP contribution in [-0.4, -0.2) is 24.4 Å². The summed E-state index contributed by atoms with van der Waals surface area (Å²) in [4.78, 5) is 6.76. The first-order chi connectivity index (χ1) is 9.06. The number of nitrogen functional groups attached to an aromatic ring is 1. The maximum atomic E-state index is 7.55. The first-order valence-corrected chi connectivity index (χ1v) is 7.10. The number of nitrogens with one attached hydrogen (secondary N) is 1. The molecule has 4 nitrogen and oxygen atoms in total. The molecule has 0 saturated heterocycles. The second kappa shape index (κ2) is 6.04. The molecule has 1 aliphatic rings. The van der Waals surface area contributed by atoms with E-state index in [-0.39, 0.29) is 5.84 Å². The lowest BCUT2D eigenvalue weighted by molar-refractivity contribution is 0.361. The third-order valence-corrected chi connectivity index (χ3v) is 3.90. The normalized spacial score (nSPS) is 16.3. The third kappa shape index (κ3) is 3.69. The lowest BCUT2D eigenvalue weighted by Gasteiger charge is -2.28. The molecule has 0 spiro atoms. The van der Waals surface area contributed by atoms with Gasteiger partial charge in [-0.25, -0.2) is 4.98 Å². The number of hydrogen-bond donors (Lipinski definition) is 2. The molecule has 2 rings (SSSR count). The topological polar surface area (TPSA) is 66.0 Å². The van der Waals surface area contributed by atoms with Gasteiger partial charge in [-0.05, 0) is 37.8 Å². The third-order valence-electron chi connectivity index (χ3n) is 3.90. The Balaban J connectivity index is 2.09. The zero-order valence-electron chi connectivity index (χ0n) is 11.9. The average molecular weight is 260 g/mol. The van der Waals surface area contributed by atoms with Gasteiger partial charge in [0, 0.05) is 24.8 Å². The van der Waals surface area contributed by atoms with Crippen molar-refractivity contribution in [1.29, 1.82) is 5.41 Å². The first kappa shape index (κ1) is 13.8. The van der Waals surface area contributed by atoms with Gasteiger partial charge in [-0.1, -0.05) is 19.3 Å². The van der Waals surface area contributed by atoms with Gasteiger partial charge in [-0.3, -0.25) is 5.41 Å². The van der Waals surface area contributed by atoms with Crippen molar-refractivity contribution in [3.63, 3.8) is 0 Å². The Kier molecular flexibility index (Phi) is 4.40. The van der Waals surface area contributed by atoms with E-state index in [0.29, 0.717) is 0 Å². The van der Waals surface area contributed by atoms with E-state index in [4.69, 9.17) is 11.1 Å². The highest BCUT2D eigenvalue weighted by molar-refractivity contribution is 5.95. The van der Waals surface area contributed by atoms with E-state index in [1.165, 1.54) is 32.1 Å². The molecular weight excluding hydrogens is 236 g/mol. The highest BCUT2D eigenvalue weighted by Gasteiger charge is 2.16. The van der Waals surface area contributed by atoms with E-state index < -0.39 is 0 Å². The van der Waals surface area contributed by atoms with E-state index in [9.17, 15) is 0 Å². The van der Waals surface area contributed by atoms with Gasteiger partial charge < -0.3 is 10.6 Å². The van der Waals surface area contributed by atoms with Crippen LogP contribution in [0.5, 0.6) is 0 Å². The molecule has 0 unspecified atom stereocenters. The summed E-state index contributed by atoms with van der Waals surface area (Å²) in [6.07, 6.45) is 6.76. The minimum absolute atomic E-state index is 0.109. The maximum absolute atomic E-state index is 7.55. The number of anilines is 1. The average Bonchev–Trinajstić information content (AvgIpc) is 2.39. The lowest BCUT2D eigenvalue weighted by atomic mass is 9.89. The molecule has 0 radical (unpaired) electrons. The summed E-state index contributed by atoms with van der Waals surface area (Å²) in [6.45, 7) is 3.00. The predicted octanol–water partition coefficient (Wildman–Crippen LogP) is 2.69. The molecule has 0 amide bonds. The van der Waals surface area contributed by atoms with Crippen LogP contribution in [0.15, 0.2) is 12.1 Å². The Hall–Kier alpha value is -1.58. The van der Waals surface area contributed by atoms with Crippen LogP contribution in [-0.2, 0) is 0 Å². The molecule has 1 aromatic rings. The Morgan fingerprint density at radius 3 is 2.68 bits per heavy atom. The monoisotopic (exact) mass is 260 g/mol. The molecular formula is C15H24N4. The minimum atomic E-state index is 0.109. The van der Waals surface area contributed by atoms with Crippen molar-refractivity contribution in [3.8, 4) is 0 Å². The molecule has 19 heavy (non-hydrogen) atoms. The van der Waals surface area contributed by atoms with Crippen LogP contribution in [0.2, 0.25) is 0 Å². The van der Waals surface area contributed by atoms with Crippen molar-refractivity contribution in [1.82, 2.24) is 4.98 Å². The number of amidine groups is 1. The molecule has 1 heterocycles. The number of nitrogens with two attached hydrogens (primary N) is 1. The molecule has 0 aliphatic heterocycles. The minimum Gasteiger partial charge on any atom is -0.384 e. The zero-order chi connectivity index (χ0) is 13.8. The molecule has 1 fully saturated rings. The molecule has 3 N–H and O–H groups in total. The smallest absolute Gasteiger partial charge is 0.129 e. The summed E-state index contributed by atoms with van der Waals surface area (Å²) < 4.78 is 0. The van der Waals surface area contributed by atoms with Crippen LogP contribution in [0, 0.1) is 18.3 Å². The SMILES string of the molecule is Cc1cc(C(=N)N)cc(N(C)CC2CCCCC2)n1. The molecule has 104 valence electrons. The number of rotatable bonds is 4. The van der Waals surface area contributed by atoms with E-state index in [1.54, 1.807) is 0 Å². The van der Waals surface area contributed by atoms with Crippen LogP contribution in [0.25, 0.3) is 0 Å². The van der Waals surface area contributed by atoms with Gasteiger partial charge in [-0.2, -0.15) is 0 Å². The number of nitrogens with zero attached hydrogens (tertiary/aromatic N) is 2. The van der Waals surface area contributed by atoms with Crippen molar-refractivity contribution in [2.24, 2.45) is 11.7 Å². The van der Waals surface area contributed by atoms with E-state index in [0.717, 1.165) is 29.5 Å². The van der Waals surface area contributed by atoms with E-state index in [2.05, 4.69) is 16.9 Å². The quantitative estimate of drug-likeness (QED) is 0.646. The van der Waals surface area contributed by atoms with Crippen molar-refractivity contribution in [3.05, 3.63) is 23.4 Å². The van der Waals surface area contributed by atoms with Crippen LogP contribution in [0.1, 0.15) is 43.4 Å². The highest BCUT2D eigenvalue weighted by atomic mass is 15.2. The number of aromatic nitrogens is 1. The Labute approximate surface area is 115 Å². The summed E-state index contributed by atoms with van der Waals surface area (Å²) >= 11 is 0.